The first-order valence-corrected chi connectivity index (χ1v) is 9.87. The van der Waals surface area contributed by atoms with Gasteiger partial charge in [0.1, 0.15) is 12.4 Å². The van der Waals surface area contributed by atoms with E-state index in [2.05, 4.69) is 32.9 Å². The maximum atomic E-state index is 11.4. The predicted octanol–water partition coefficient (Wildman–Crippen LogP) is 2.12. The highest BCUT2D eigenvalue weighted by molar-refractivity contribution is 7.11. The molecule has 1 aromatic carbocycles. The van der Waals surface area contributed by atoms with Crippen LogP contribution in [-0.4, -0.2) is 43.6 Å². The number of carbonyl (C=O) groups is 1. The van der Waals surface area contributed by atoms with E-state index in [4.69, 9.17) is 4.74 Å². The van der Waals surface area contributed by atoms with Crippen LogP contribution in [0, 0.1) is 6.92 Å². The number of guanidine groups is 1. The van der Waals surface area contributed by atoms with Crippen LogP contribution in [0.15, 0.2) is 29.4 Å². The van der Waals surface area contributed by atoms with Gasteiger partial charge in [0.2, 0.25) is 5.91 Å². The molecule has 0 aliphatic carbocycles. The highest BCUT2D eigenvalue weighted by atomic mass is 32.1. The number of fused-ring (bicyclic) bond motifs is 1. The van der Waals surface area contributed by atoms with E-state index in [0.717, 1.165) is 47.4 Å². The van der Waals surface area contributed by atoms with Crippen LogP contribution < -0.4 is 20.7 Å². The van der Waals surface area contributed by atoms with E-state index in [1.807, 2.05) is 24.4 Å². The first-order valence-electron chi connectivity index (χ1n) is 9.05. The Kier molecular flexibility index (Phi) is 6.64. The van der Waals surface area contributed by atoms with Crippen molar-refractivity contribution in [3.05, 3.63) is 39.8 Å². The van der Waals surface area contributed by atoms with Crippen LogP contribution in [0.2, 0.25) is 0 Å². The predicted molar refractivity (Wildman–Crippen MR) is 109 cm³/mol. The second-order valence-corrected chi connectivity index (χ2v) is 7.58. The van der Waals surface area contributed by atoms with Gasteiger partial charge in [-0.2, -0.15) is 0 Å². The molecular formula is C19H25N5O2S. The molecule has 3 rings (SSSR count). The molecule has 1 aliphatic rings. The molecule has 27 heavy (non-hydrogen) atoms. The number of carbonyl (C=O) groups excluding carboxylic acids is 1. The molecule has 1 aromatic heterocycles. The van der Waals surface area contributed by atoms with Gasteiger partial charge >= 0.3 is 0 Å². The van der Waals surface area contributed by atoms with Crippen LogP contribution in [0.5, 0.6) is 5.75 Å². The van der Waals surface area contributed by atoms with Crippen LogP contribution in [-0.2, 0) is 17.6 Å². The number of anilines is 1. The Labute approximate surface area is 163 Å². The molecule has 144 valence electrons. The zero-order valence-corrected chi connectivity index (χ0v) is 16.5. The van der Waals surface area contributed by atoms with Crippen LogP contribution in [0.3, 0.4) is 0 Å². The molecule has 8 heteroatoms. The number of amides is 1. The maximum Gasteiger partial charge on any atom is 0.224 e. The van der Waals surface area contributed by atoms with Crippen molar-refractivity contribution in [3.8, 4) is 5.75 Å². The number of nitrogens with zero attached hydrogens (tertiary/aromatic N) is 2. The molecule has 2 aromatic rings. The minimum Gasteiger partial charge on any atom is -0.492 e. The maximum absolute atomic E-state index is 11.4. The standard InChI is InChI=1S/C19H25N5O2S/c1-13-12-23-18(27-13)7-8-21-19(20-2)22-9-10-26-15-4-5-16-14(11-15)3-6-17(25)24-16/h4-5,11-12H,3,6-10H2,1-2H3,(H,24,25)(H2,20,21,22). The Morgan fingerprint density at radius 2 is 2.19 bits per heavy atom. The minimum atomic E-state index is 0.0734. The van der Waals surface area contributed by atoms with Gasteiger partial charge in [0, 0.05) is 43.2 Å². The number of rotatable bonds is 7. The van der Waals surface area contributed by atoms with E-state index in [-0.39, 0.29) is 5.91 Å². The number of aromatic nitrogens is 1. The summed E-state index contributed by atoms with van der Waals surface area (Å²) < 4.78 is 5.80. The van der Waals surface area contributed by atoms with Crippen molar-refractivity contribution in [2.45, 2.75) is 26.2 Å². The Hall–Kier alpha value is -2.61. The number of aliphatic imine (C=N–C) groups is 1. The van der Waals surface area contributed by atoms with Gasteiger partial charge in [-0.05, 0) is 37.1 Å². The topological polar surface area (TPSA) is 87.6 Å². The van der Waals surface area contributed by atoms with Crippen LogP contribution in [0.4, 0.5) is 5.69 Å². The summed E-state index contributed by atoms with van der Waals surface area (Å²) in [7, 11) is 1.75. The lowest BCUT2D eigenvalue weighted by atomic mass is 10.0. The quantitative estimate of drug-likeness (QED) is 0.385. The second-order valence-electron chi connectivity index (χ2n) is 6.26. The molecule has 0 bridgehead atoms. The van der Waals surface area contributed by atoms with Crippen molar-refractivity contribution in [1.29, 1.82) is 0 Å². The first kappa shape index (κ1) is 19.2. The van der Waals surface area contributed by atoms with Gasteiger partial charge < -0.3 is 20.7 Å². The fourth-order valence-corrected chi connectivity index (χ4v) is 3.60. The lowest BCUT2D eigenvalue weighted by Gasteiger charge is -2.18. The number of benzene rings is 1. The average molecular weight is 388 g/mol. The molecule has 0 radical (unpaired) electrons. The van der Waals surface area contributed by atoms with Crippen molar-refractivity contribution in [2.24, 2.45) is 4.99 Å². The monoisotopic (exact) mass is 387 g/mol. The largest absolute Gasteiger partial charge is 0.492 e. The first-order chi connectivity index (χ1) is 13.1. The molecule has 0 unspecified atom stereocenters. The Morgan fingerprint density at radius 3 is 2.96 bits per heavy atom. The van der Waals surface area contributed by atoms with Gasteiger partial charge in [-0.25, -0.2) is 4.98 Å². The third kappa shape index (κ3) is 5.68. The average Bonchev–Trinajstić information content (AvgIpc) is 3.08. The molecular weight excluding hydrogens is 362 g/mol. The zero-order chi connectivity index (χ0) is 19.1. The van der Waals surface area contributed by atoms with E-state index < -0.39 is 0 Å². The summed E-state index contributed by atoms with van der Waals surface area (Å²) in [5.74, 6) is 1.64. The Bertz CT molecular complexity index is 818. The summed E-state index contributed by atoms with van der Waals surface area (Å²) in [6, 6.07) is 5.78. The van der Waals surface area contributed by atoms with Crippen molar-refractivity contribution < 1.29 is 9.53 Å². The number of aryl methyl sites for hydroxylation is 2. The highest BCUT2D eigenvalue weighted by Crippen LogP contribution is 2.26. The molecule has 2 heterocycles. The molecule has 0 saturated carbocycles. The fraction of sp³-hybridized carbons (Fsp3) is 0.421. The van der Waals surface area contributed by atoms with E-state index in [1.54, 1.807) is 18.4 Å². The minimum absolute atomic E-state index is 0.0734. The Morgan fingerprint density at radius 1 is 1.33 bits per heavy atom. The van der Waals surface area contributed by atoms with E-state index in [1.165, 1.54) is 4.88 Å². The number of nitrogens with one attached hydrogen (secondary N) is 3. The van der Waals surface area contributed by atoms with Gasteiger partial charge in [-0.3, -0.25) is 9.79 Å². The van der Waals surface area contributed by atoms with Crippen molar-refractivity contribution in [3.63, 3.8) is 0 Å². The van der Waals surface area contributed by atoms with Gasteiger partial charge in [-0.15, -0.1) is 11.3 Å². The molecule has 0 saturated heterocycles. The number of hydrogen-bond donors (Lipinski definition) is 3. The van der Waals surface area contributed by atoms with Gasteiger partial charge in [0.05, 0.1) is 11.6 Å². The van der Waals surface area contributed by atoms with Gasteiger partial charge in [0.25, 0.3) is 0 Å². The van der Waals surface area contributed by atoms with Gasteiger partial charge in [-0.1, -0.05) is 0 Å². The molecule has 0 atom stereocenters. The highest BCUT2D eigenvalue weighted by Gasteiger charge is 2.14. The molecule has 0 fully saturated rings. The van der Waals surface area contributed by atoms with Crippen LogP contribution in [0.25, 0.3) is 0 Å². The van der Waals surface area contributed by atoms with Crippen LogP contribution >= 0.6 is 11.3 Å². The molecule has 1 aliphatic heterocycles. The lowest BCUT2D eigenvalue weighted by molar-refractivity contribution is -0.116. The molecule has 3 N–H and O–H groups in total. The number of ether oxygens (including phenoxy) is 1. The van der Waals surface area contributed by atoms with E-state index in [9.17, 15) is 4.79 Å². The summed E-state index contributed by atoms with van der Waals surface area (Å²) in [6.07, 6.45) is 4.06. The number of hydrogen-bond acceptors (Lipinski definition) is 5. The zero-order valence-electron chi connectivity index (χ0n) is 15.7. The smallest absolute Gasteiger partial charge is 0.224 e. The van der Waals surface area contributed by atoms with Crippen molar-refractivity contribution in [2.75, 3.05) is 32.1 Å². The fourth-order valence-electron chi connectivity index (χ4n) is 2.81. The normalized spacial score (nSPS) is 13.7. The lowest BCUT2D eigenvalue weighted by Crippen LogP contribution is -2.40. The summed E-state index contributed by atoms with van der Waals surface area (Å²) in [4.78, 5) is 21.2. The summed E-state index contributed by atoms with van der Waals surface area (Å²) >= 11 is 1.72. The molecule has 1 amide bonds. The summed E-state index contributed by atoms with van der Waals surface area (Å²) in [6.45, 7) is 4.01. The number of thiazole rings is 1. The molecule has 0 spiro atoms. The second kappa shape index (κ2) is 9.36. The van der Waals surface area contributed by atoms with Crippen LogP contribution in [0.1, 0.15) is 21.9 Å². The summed E-state index contributed by atoms with van der Waals surface area (Å²) in [5, 5.41) is 10.5. The third-order valence-electron chi connectivity index (χ3n) is 4.16. The van der Waals surface area contributed by atoms with E-state index in [0.29, 0.717) is 19.6 Å². The Balaban J connectivity index is 1.36. The molecule has 7 nitrogen and oxygen atoms in total. The van der Waals surface area contributed by atoms with E-state index >= 15 is 0 Å². The third-order valence-corrected chi connectivity index (χ3v) is 5.13. The van der Waals surface area contributed by atoms with Crippen molar-refractivity contribution >= 4 is 28.9 Å². The SMILES string of the molecule is CN=C(NCCOc1ccc2c(c1)CCC(=O)N2)NCCc1ncc(C)s1. The van der Waals surface area contributed by atoms with Crippen molar-refractivity contribution in [1.82, 2.24) is 15.6 Å². The summed E-state index contributed by atoms with van der Waals surface area (Å²) in [5.41, 5.74) is 2.01. The van der Waals surface area contributed by atoms with Gasteiger partial charge in [0.15, 0.2) is 5.96 Å².